The number of thioether (sulfide) groups is 1. The highest BCUT2D eigenvalue weighted by molar-refractivity contribution is 7.97. The van der Waals surface area contributed by atoms with E-state index in [9.17, 15) is 13.2 Å². The lowest BCUT2D eigenvalue weighted by molar-refractivity contribution is -0.159. The number of ether oxygens (including phenoxy) is 1. The molecule has 6 nitrogen and oxygen atoms in total. The zero-order valence-corrected chi connectivity index (χ0v) is 16.0. The van der Waals surface area contributed by atoms with Gasteiger partial charge in [-0.05, 0) is 29.8 Å². The normalized spacial score (nSPS) is 11.9. The van der Waals surface area contributed by atoms with Gasteiger partial charge >= 0.3 is 12.1 Å². The molecule has 10 heteroatoms. The van der Waals surface area contributed by atoms with Gasteiger partial charge in [0.2, 0.25) is 5.82 Å². The first kappa shape index (κ1) is 19.3. The molecule has 4 rings (SSSR count). The molecule has 0 aliphatic heterocycles. The number of benzene rings is 1. The van der Waals surface area contributed by atoms with E-state index in [2.05, 4.69) is 19.6 Å². The number of pyridine rings is 1. The number of methoxy groups -OCH3 is 1. The number of alkyl halides is 3. The van der Waals surface area contributed by atoms with Gasteiger partial charge in [0, 0.05) is 29.5 Å². The van der Waals surface area contributed by atoms with Crippen LogP contribution in [0.1, 0.15) is 17.1 Å². The molecule has 150 valence electrons. The Balaban J connectivity index is 1.44. The van der Waals surface area contributed by atoms with E-state index in [0.717, 1.165) is 17.2 Å². The molecule has 3 aromatic heterocycles. The van der Waals surface area contributed by atoms with Gasteiger partial charge in [-0.3, -0.25) is 0 Å². The van der Waals surface area contributed by atoms with Crippen molar-refractivity contribution in [2.45, 2.75) is 17.7 Å². The first-order valence-corrected chi connectivity index (χ1v) is 9.67. The summed E-state index contributed by atoms with van der Waals surface area (Å²) in [5.41, 5.74) is 3.14. The number of hydrogen-bond acceptors (Lipinski definition) is 6. The molecule has 0 amide bonds. The molecule has 0 fully saturated rings. The van der Waals surface area contributed by atoms with Gasteiger partial charge in [0.05, 0.1) is 12.8 Å². The van der Waals surface area contributed by atoms with E-state index in [1.54, 1.807) is 41.6 Å². The molecule has 0 aliphatic rings. The maximum Gasteiger partial charge on any atom is 0.471 e. The second-order valence-electron chi connectivity index (χ2n) is 6.18. The summed E-state index contributed by atoms with van der Waals surface area (Å²) in [5, 5.41) is 3.41. The van der Waals surface area contributed by atoms with Crippen LogP contribution in [0.25, 0.3) is 17.0 Å². The van der Waals surface area contributed by atoms with Gasteiger partial charge in [-0.15, -0.1) is 0 Å². The lowest BCUT2D eigenvalue weighted by Gasteiger charge is -2.02. The zero-order valence-electron chi connectivity index (χ0n) is 15.2. The number of halogens is 3. The number of rotatable bonds is 6. The quantitative estimate of drug-likeness (QED) is 0.445. The summed E-state index contributed by atoms with van der Waals surface area (Å²) >= 11 is 1.71. The zero-order chi connectivity index (χ0) is 20.4. The molecular weight excluding hydrogens is 405 g/mol. The van der Waals surface area contributed by atoms with Crippen molar-refractivity contribution in [3.63, 3.8) is 0 Å². The summed E-state index contributed by atoms with van der Waals surface area (Å²) in [7, 11) is 1.63. The van der Waals surface area contributed by atoms with Crippen molar-refractivity contribution in [2.24, 2.45) is 0 Å². The molecule has 0 spiro atoms. The second kappa shape index (κ2) is 7.78. The van der Waals surface area contributed by atoms with Crippen LogP contribution >= 0.6 is 11.8 Å². The SMILES string of the molecule is COc1ccc(CSCc2cn3cc(-c4noc(C(F)(F)F)n4)ccc3n2)cc1. The van der Waals surface area contributed by atoms with E-state index in [-0.39, 0.29) is 5.82 Å². The molecule has 1 aromatic carbocycles. The van der Waals surface area contributed by atoms with Crippen molar-refractivity contribution < 1.29 is 22.4 Å². The van der Waals surface area contributed by atoms with Crippen LogP contribution in [-0.2, 0) is 17.7 Å². The second-order valence-corrected chi connectivity index (χ2v) is 7.16. The lowest BCUT2D eigenvalue weighted by atomic mass is 10.2. The van der Waals surface area contributed by atoms with Crippen LogP contribution < -0.4 is 4.74 Å². The van der Waals surface area contributed by atoms with Crippen molar-refractivity contribution in [1.82, 2.24) is 19.5 Å². The smallest absolute Gasteiger partial charge is 0.471 e. The molecular formula is C19H15F3N4O2S. The lowest BCUT2D eigenvalue weighted by Crippen LogP contribution is -2.04. The fourth-order valence-electron chi connectivity index (χ4n) is 2.70. The van der Waals surface area contributed by atoms with Crippen LogP contribution in [-0.4, -0.2) is 26.6 Å². The third-order valence-corrected chi connectivity index (χ3v) is 5.14. The molecule has 29 heavy (non-hydrogen) atoms. The highest BCUT2D eigenvalue weighted by atomic mass is 32.2. The largest absolute Gasteiger partial charge is 0.497 e. The highest BCUT2D eigenvalue weighted by Gasteiger charge is 2.38. The standard InChI is InChI=1S/C19H15F3N4O2S/c1-27-15-5-2-12(3-6-15)10-29-11-14-9-26-8-13(4-7-16(26)23-14)17-24-18(28-25-17)19(20,21)22/h2-9H,10-11H2,1H3. The molecule has 4 aromatic rings. The van der Waals surface area contributed by atoms with Crippen molar-refractivity contribution in [3.05, 3.63) is 65.9 Å². The van der Waals surface area contributed by atoms with Crippen molar-refractivity contribution in [3.8, 4) is 17.1 Å². The summed E-state index contributed by atoms with van der Waals surface area (Å²) in [6.07, 6.45) is -1.20. The van der Waals surface area contributed by atoms with Crippen molar-refractivity contribution in [1.29, 1.82) is 0 Å². The molecule has 0 saturated carbocycles. The van der Waals surface area contributed by atoms with Gasteiger partial charge < -0.3 is 13.7 Å². The van der Waals surface area contributed by atoms with E-state index in [4.69, 9.17) is 4.74 Å². The fraction of sp³-hybridized carbons (Fsp3) is 0.211. The summed E-state index contributed by atoms with van der Waals surface area (Å²) in [6.45, 7) is 0. The molecule has 0 aliphatic carbocycles. The Morgan fingerprint density at radius 1 is 1.03 bits per heavy atom. The van der Waals surface area contributed by atoms with Crippen LogP contribution in [0.2, 0.25) is 0 Å². The average molecular weight is 420 g/mol. The number of hydrogen-bond donors (Lipinski definition) is 0. The van der Waals surface area contributed by atoms with E-state index < -0.39 is 12.1 Å². The highest BCUT2D eigenvalue weighted by Crippen LogP contribution is 2.29. The molecule has 0 saturated heterocycles. The minimum Gasteiger partial charge on any atom is -0.497 e. The fourth-order valence-corrected chi connectivity index (χ4v) is 3.58. The van der Waals surface area contributed by atoms with Gasteiger partial charge in [0.25, 0.3) is 0 Å². The molecule has 0 atom stereocenters. The van der Waals surface area contributed by atoms with Gasteiger partial charge in [0.15, 0.2) is 0 Å². The average Bonchev–Trinajstić information content (AvgIpc) is 3.34. The van der Waals surface area contributed by atoms with E-state index in [1.807, 2.05) is 30.5 Å². The van der Waals surface area contributed by atoms with Crippen LogP contribution in [0.15, 0.2) is 53.3 Å². The Labute approximate surface area is 167 Å². The predicted octanol–water partition coefficient (Wildman–Crippen LogP) is 4.85. The molecule has 0 radical (unpaired) electrons. The van der Waals surface area contributed by atoms with Gasteiger partial charge in [-0.25, -0.2) is 4.98 Å². The summed E-state index contributed by atoms with van der Waals surface area (Å²) in [4.78, 5) is 7.94. The Bertz CT molecular complexity index is 1120. The number of nitrogens with zero attached hydrogens (tertiary/aromatic N) is 4. The van der Waals surface area contributed by atoms with Crippen LogP contribution in [0.5, 0.6) is 5.75 Å². The van der Waals surface area contributed by atoms with E-state index >= 15 is 0 Å². The van der Waals surface area contributed by atoms with Gasteiger partial charge in [-0.1, -0.05) is 17.3 Å². The first-order chi connectivity index (χ1) is 13.9. The summed E-state index contributed by atoms with van der Waals surface area (Å²) in [5.74, 6) is 0.853. The molecule has 0 unspecified atom stereocenters. The number of fused-ring (bicyclic) bond motifs is 1. The Hall–Kier alpha value is -3.01. The summed E-state index contributed by atoms with van der Waals surface area (Å²) < 4.78 is 49.1. The van der Waals surface area contributed by atoms with E-state index in [1.165, 1.54) is 5.56 Å². The van der Waals surface area contributed by atoms with Gasteiger partial charge in [-0.2, -0.15) is 29.9 Å². The minimum absolute atomic E-state index is 0.122. The van der Waals surface area contributed by atoms with Crippen molar-refractivity contribution in [2.75, 3.05) is 7.11 Å². The third kappa shape index (κ3) is 4.37. The van der Waals surface area contributed by atoms with Crippen LogP contribution in [0.3, 0.4) is 0 Å². The Morgan fingerprint density at radius 2 is 1.83 bits per heavy atom. The predicted molar refractivity (Wildman–Crippen MR) is 101 cm³/mol. The van der Waals surface area contributed by atoms with Crippen LogP contribution in [0, 0.1) is 0 Å². The molecule has 0 bridgehead atoms. The molecule has 0 N–H and O–H groups in total. The van der Waals surface area contributed by atoms with Crippen LogP contribution in [0.4, 0.5) is 13.2 Å². The number of aromatic nitrogens is 4. The Morgan fingerprint density at radius 3 is 2.52 bits per heavy atom. The number of imidazole rings is 1. The van der Waals surface area contributed by atoms with E-state index in [0.29, 0.717) is 17.0 Å². The van der Waals surface area contributed by atoms with Crippen molar-refractivity contribution >= 4 is 17.4 Å². The Kier molecular flexibility index (Phi) is 5.18. The van der Waals surface area contributed by atoms with Gasteiger partial charge in [0.1, 0.15) is 11.4 Å². The topological polar surface area (TPSA) is 65.5 Å². The minimum atomic E-state index is -4.67. The third-order valence-electron chi connectivity index (χ3n) is 4.11. The maximum absolute atomic E-state index is 12.6. The summed E-state index contributed by atoms with van der Waals surface area (Å²) in [6, 6.07) is 11.2. The maximum atomic E-state index is 12.6. The molecule has 3 heterocycles. The first-order valence-electron chi connectivity index (χ1n) is 8.52. The monoisotopic (exact) mass is 420 g/mol.